The minimum absolute atomic E-state index is 0.0689. The molecule has 1 aliphatic heterocycles. The summed E-state index contributed by atoms with van der Waals surface area (Å²) in [5.74, 6) is -1.98. The zero-order valence-electron chi connectivity index (χ0n) is 16.9. The van der Waals surface area contributed by atoms with Gasteiger partial charge < -0.3 is 10.0 Å². The zero-order chi connectivity index (χ0) is 22.3. The van der Waals surface area contributed by atoms with E-state index in [2.05, 4.69) is 15.9 Å². The van der Waals surface area contributed by atoms with Crippen molar-refractivity contribution >= 4 is 44.7 Å². The summed E-state index contributed by atoms with van der Waals surface area (Å²) in [6.07, 6.45) is 0. The van der Waals surface area contributed by atoms with Crippen LogP contribution in [0.5, 0.6) is 0 Å². The molecule has 1 fully saturated rings. The zero-order valence-corrected chi connectivity index (χ0v) is 19.3. The highest BCUT2D eigenvalue weighted by molar-refractivity contribution is 9.10. The minimum Gasteiger partial charge on any atom is -0.507 e. The molecule has 1 unspecified atom stereocenters. The van der Waals surface area contributed by atoms with Gasteiger partial charge in [-0.3, -0.25) is 9.59 Å². The highest BCUT2D eigenvalue weighted by Crippen LogP contribution is 2.43. The lowest BCUT2D eigenvalue weighted by molar-refractivity contribution is -0.140. The molecule has 1 amide bonds. The van der Waals surface area contributed by atoms with Crippen molar-refractivity contribution in [3.63, 3.8) is 0 Å². The molecule has 7 heteroatoms. The maximum Gasteiger partial charge on any atom is 0.295 e. The molecule has 2 heterocycles. The summed E-state index contributed by atoms with van der Waals surface area (Å²) in [6.45, 7) is 3.92. The number of halogens is 2. The van der Waals surface area contributed by atoms with E-state index in [1.54, 1.807) is 30.3 Å². The normalized spacial score (nSPS) is 18.1. The summed E-state index contributed by atoms with van der Waals surface area (Å²) < 4.78 is 14.2. The minimum atomic E-state index is -0.724. The third-order valence-electron chi connectivity index (χ3n) is 5.39. The van der Waals surface area contributed by atoms with Gasteiger partial charge in [-0.05, 0) is 66.2 Å². The number of benzene rings is 2. The van der Waals surface area contributed by atoms with Crippen molar-refractivity contribution in [3.05, 3.63) is 96.9 Å². The van der Waals surface area contributed by atoms with Crippen molar-refractivity contribution < 1.29 is 19.1 Å². The average Bonchev–Trinajstić information content (AvgIpc) is 3.27. The number of aliphatic hydroxyl groups excluding tert-OH is 1. The van der Waals surface area contributed by atoms with Gasteiger partial charge in [-0.1, -0.05) is 34.1 Å². The number of rotatable bonds is 4. The number of carbonyl (C=O) groups excluding carboxylic acids is 2. The van der Waals surface area contributed by atoms with Crippen LogP contribution in [-0.2, 0) is 16.1 Å². The van der Waals surface area contributed by atoms with Crippen LogP contribution in [0.25, 0.3) is 5.76 Å². The second-order valence-electron chi connectivity index (χ2n) is 7.49. The van der Waals surface area contributed by atoms with Crippen molar-refractivity contribution in [2.24, 2.45) is 0 Å². The summed E-state index contributed by atoms with van der Waals surface area (Å²) in [5, 5.41) is 13.0. The van der Waals surface area contributed by atoms with Crippen molar-refractivity contribution in [1.82, 2.24) is 4.90 Å². The Labute approximate surface area is 191 Å². The van der Waals surface area contributed by atoms with Crippen molar-refractivity contribution in [1.29, 1.82) is 0 Å². The Balaban J connectivity index is 1.86. The molecule has 0 aliphatic carbocycles. The molecule has 1 aliphatic rings. The molecule has 0 radical (unpaired) electrons. The van der Waals surface area contributed by atoms with Crippen LogP contribution < -0.4 is 0 Å². The molecular weight excluding hydrogens is 481 g/mol. The predicted molar refractivity (Wildman–Crippen MR) is 122 cm³/mol. The Morgan fingerprint density at radius 1 is 1.10 bits per heavy atom. The van der Waals surface area contributed by atoms with E-state index in [-0.39, 0.29) is 23.7 Å². The number of hydrogen-bond donors (Lipinski definition) is 1. The molecule has 1 saturated heterocycles. The number of carbonyl (C=O) groups is 2. The first-order valence-electron chi connectivity index (χ1n) is 9.61. The number of hydrogen-bond acceptors (Lipinski definition) is 4. The first-order valence-corrected chi connectivity index (χ1v) is 11.3. The van der Waals surface area contributed by atoms with E-state index in [4.69, 9.17) is 0 Å². The molecule has 0 spiro atoms. The van der Waals surface area contributed by atoms with E-state index in [0.717, 1.165) is 20.5 Å². The Bertz CT molecular complexity index is 1220. The topological polar surface area (TPSA) is 57.6 Å². The van der Waals surface area contributed by atoms with Crippen LogP contribution in [0.4, 0.5) is 4.39 Å². The van der Waals surface area contributed by atoms with E-state index < -0.39 is 17.7 Å². The summed E-state index contributed by atoms with van der Waals surface area (Å²) in [5.41, 5.74) is 3.06. The highest BCUT2D eigenvalue weighted by atomic mass is 79.9. The van der Waals surface area contributed by atoms with Gasteiger partial charge in [-0.25, -0.2) is 4.39 Å². The predicted octanol–water partition coefficient (Wildman–Crippen LogP) is 5.89. The van der Waals surface area contributed by atoms with Crippen LogP contribution in [0.2, 0.25) is 0 Å². The lowest BCUT2D eigenvalue weighted by Crippen LogP contribution is -2.29. The quantitative estimate of drug-likeness (QED) is 0.276. The molecule has 2 aromatic carbocycles. The lowest BCUT2D eigenvalue weighted by atomic mass is 9.97. The molecule has 4 rings (SSSR count). The van der Waals surface area contributed by atoms with Gasteiger partial charge >= 0.3 is 0 Å². The van der Waals surface area contributed by atoms with E-state index in [1.165, 1.54) is 28.4 Å². The van der Waals surface area contributed by atoms with Crippen LogP contribution in [0, 0.1) is 19.7 Å². The molecule has 1 N–H and O–H groups in total. The maximum absolute atomic E-state index is 13.3. The Morgan fingerprint density at radius 3 is 2.42 bits per heavy atom. The SMILES string of the molecule is Cc1cc(/C(O)=C2/C(=O)C(=O)N(Cc3ccc(F)cc3)C2c2sccc2C)ccc1Br. The van der Waals surface area contributed by atoms with Crippen LogP contribution >= 0.6 is 27.3 Å². The number of aryl methyl sites for hydroxylation is 2. The van der Waals surface area contributed by atoms with Gasteiger partial charge in [-0.2, -0.15) is 0 Å². The number of likely N-dealkylation sites (tertiary alicyclic amines) is 1. The number of ketones is 1. The largest absolute Gasteiger partial charge is 0.507 e. The molecule has 158 valence electrons. The maximum atomic E-state index is 13.3. The molecule has 4 nitrogen and oxygen atoms in total. The number of thiophene rings is 1. The number of amides is 1. The Morgan fingerprint density at radius 2 is 1.81 bits per heavy atom. The first-order chi connectivity index (χ1) is 14.8. The summed E-state index contributed by atoms with van der Waals surface area (Å²) in [4.78, 5) is 28.4. The molecule has 0 saturated carbocycles. The van der Waals surface area contributed by atoms with E-state index >= 15 is 0 Å². The summed E-state index contributed by atoms with van der Waals surface area (Å²) >= 11 is 4.87. The van der Waals surface area contributed by atoms with Gasteiger partial charge in [-0.15, -0.1) is 11.3 Å². The van der Waals surface area contributed by atoms with E-state index in [9.17, 15) is 19.1 Å². The fourth-order valence-electron chi connectivity index (χ4n) is 3.71. The molecule has 0 bridgehead atoms. The van der Waals surface area contributed by atoms with E-state index in [0.29, 0.717) is 11.1 Å². The van der Waals surface area contributed by atoms with Crippen LogP contribution in [0.3, 0.4) is 0 Å². The lowest BCUT2D eigenvalue weighted by Gasteiger charge is -2.25. The summed E-state index contributed by atoms with van der Waals surface area (Å²) in [6, 6.07) is 12.3. The van der Waals surface area contributed by atoms with Crippen LogP contribution in [0.15, 0.2) is 64.0 Å². The standard InChI is InChI=1S/C24H19BrFNO3S/c1-13-9-10-31-23(13)20-19(21(28)16-5-8-18(25)14(2)11-16)22(29)24(30)27(20)12-15-3-6-17(26)7-4-15/h3-11,20,28H,12H2,1-2H3/b21-19-. The van der Waals surface area contributed by atoms with Crippen LogP contribution in [-0.4, -0.2) is 21.7 Å². The fraction of sp³-hybridized carbons (Fsp3) is 0.167. The van der Waals surface area contributed by atoms with Gasteiger partial charge in [0.05, 0.1) is 5.57 Å². The number of Topliss-reactive ketones (excluding diaryl/α,β-unsaturated/α-hetero) is 1. The smallest absolute Gasteiger partial charge is 0.295 e. The Hall–Kier alpha value is -2.77. The van der Waals surface area contributed by atoms with Gasteiger partial charge in [0.2, 0.25) is 0 Å². The Kier molecular flexibility index (Phi) is 5.81. The van der Waals surface area contributed by atoms with Crippen molar-refractivity contribution in [2.45, 2.75) is 26.4 Å². The molecule has 1 atom stereocenters. The second kappa shape index (κ2) is 8.40. The third kappa shape index (κ3) is 3.95. The highest BCUT2D eigenvalue weighted by Gasteiger charge is 2.47. The second-order valence-corrected chi connectivity index (χ2v) is 9.29. The van der Waals surface area contributed by atoms with E-state index in [1.807, 2.05) is 25.3 Å². The number of aliphatic hydroxyl groups is 1. The van der Waals surface area contributed by atoms with Crippen molar-refractivity contribution in [3.8, 4) is 0 Å². The molecule has 3 aromatic rings. The molecular formula is C24H19BrFNO3S. The number of nitrogens with zero attached hydrogens (tertiary/aromatic N) is 1. The van der Waals surface area contributed by atoms with Gasteiger partial charge in [0.25, 0.3) is 11.7 Å². The molecule has 31 heavy (non-hydrogen) atoms. The van der Waals surface area contributed by atoms with Gasteiger partial charge in [0.15, 0.2) is 0 Å². The molecule has 1 aromatic heterocycles. The first kappa shape index (κ1) is 21.5. The van der Waals surface area contributed by atoms with Crippen LogP contribution in [0.1, 0.15) is 33.2 Å². The van der Waals surface area contributed by atoms with Gasteiger partial charge in [0, 0.05) is 21.5 Å². The van der Waals surface area contributed by atoms with Crippen molar-refractivity contribution in [2.75, 3.05) is 0 Å². The fourth-order valence-corrected chi connectivity index (χ4v) is 5.01. The third-order valence-corrected chi connectivity index (χ3v) is 7.35. The average molecular weight is 500 g/mol. The monoisotopic (exact) mass is 499 g/mol. The summed E-state index contributed by atoms with van der Waals surface area (Å²) in [7, 11) is 0. The van der Waals surface area contributed by atoms with Gasteiger partial charge in [0.1, 0.15) is 17.6 Å².